The predicted molar refractivity (Wildman–Crippen MR) is 93.2 cm³/mol. The summed E-state index contributed by atoms with van der Waals surface area (Å²) in [5.74, 6) is 0.173. The molecule has 2 aliphatic rings. The van der Waals surface area contributed by atoms with Gasteiger partial charge in [0, 0.05) is 24.8 Å². The van der Waals surface area contributed by atoms with Crippen molar-refractivity contribution >= 4 is 17.7 Å². The Morgan fingerprint density at radius 1 is 1.21 bits per heavy atom. The van der Waals surface area contributed by atoms with Gasteiger partial charge in [0.25, 0.3) is 0 Å². The maximum Gasteiger partial charge on any atom is 0.410 e. The first-order valence-electron chi connectivity index (χ1n) is 8.64. The summed E-state index contributed by atoms with van der Waals surface area (Å²) in [6.45, 7) is 8.93. The highest BCUT2D eigenvalue weighted by Crippen LogP contribution is 2.34. The van der Waals surface area contributed by atoms with E-state index in [2.05, 4.69) is 18.2 Å². The Labute approximate surface area is 143 Å². The summed E-state index contributed by atoms with van der Waals surface area (Å²) in [6, 6.07) is 6.37. The molecular formula is C19H26N2O3. The lowest BCUT2D eigenvalue weighted by Gasteiger charge is -2.37. The maximum atomic E-state index is 12.5. The largest absolute Gasteiger partial charge is 0.444 e. The molecule has 0 aromatic heterocycles. The third-order valence-corrected chi connectivity index (χ3v) is 4.59. The number of amides is 2. The maximum absolute atomic E-state index is 12.5. The first-order chi connectivity index (χ1) is 11.2. The van der Waals surface area contributed by atoms with Crippen molar-refractivity contribution in [2.75, 3.05) is 18.0 Å². The number of carbonyl (C=O) groups is 2. The van der Waals surface area contributed by atoms with Crippen LogP contribution in [0.2, 0.25) is 0 Å². The first kappa shape index (κ1) is 16.8. The van der Waals surface area contributed by atoms with Gasteiger partial charge in [-0.15, -0.1) is 0 Å². The third kappa shape index (κ3) is 3.40. The van der Waals surface area contributed by atoms with Gasteiger partial charge >= 0.3 is 6.09 Å². The molecule has 1 fully saturated rings. The number of benzene rings is 1. The second-order valence-corrected chi connectivity index (χ2v) is 7.77. The Morgan fingerprint density at radius 3 is 2.50 bits per heavy atom. The van der Waals surface area contributed by atoms with Gasteiger partial charge in [-0.25, -0.2) is 4.79 Å². The number of piperidine rings is 1. The van der Waals surface area contributed by atoms with Crippen LogP contribution in [0.4, 0.5) is 10.5 Å². The number of rotatable bonds is 1. The molecular weight excluding hydrogens is 304 g/mol. The summed E-state index contributed by atoms with van der Waals surface area (Å²) in [5.41, 5.74) is 2.87. The second-order valence-electron chi connectivity index (χ2n) is 7.77. The molecule has 5 heteroatoms. The third-order valence-electron chi connectivity index (χ3n) is 4.59. The predicted octanol–water partition coefficient (Wildman–Crippen LogP) is 3.28. The fourth-order valence-corrected chi connectivity index (χ4v) is 3.51. The van der Waals surface area contributed by atoms with Gasteiger partial charge in [-0.3, -0.25) is 4.79 Å². The van der Waals surface area contributed by atoms with E-state index in [0.29, 0.717) is 19.5 Å². The molecule has 0 bridgehead atoms. The van der Waals surface area contributed by atoms with Crippen LogP contribution in [0.3, 0.4) is 0 Å². The highest BCUT2D eigenvalue weighted by atomic mass is 16.6. The normalized spacial score (nSPS) is 18.8. The number of anilines is 1. The van der Waals surface area contributed by atoms with Crippen LogP contribution >= 0.6 is 0 Å². The minimum Gasteiger partial charge on any atom is -0.444 e. The minimum absolute atomic E-state index is 0.167. The van der Waals surface area contributed by atoms with E-state index in [4.69, 9.17) is 4.74 Å². The van der Waals surface area contributed by atoms with E-state index in [9.17, 15) is 9.59 Å². The summed E-state index contributed by atoms with van der Waals surface area (Å²) in [5, 5.41) is 0. The van der Waals surface area contributed by atoms with Gasteiger partial charge < -0.3 is 14.5 Å². The van der Waals surface area contributed by atoms with Gasteiger partial charge in [-0.1, -0.05) is 17.7 Å². The van der Waals surface area contributed by atoms with Crippen molar-refractivity contribution in [1.82, 2.24) is 4.90 Å². The molecule has 3 rings (SSSR count). The van der Waals surface area contributed by atoms with Crippen LogP contribution in [0, 0.1) is 6.92 Å². The van der Waals surface area contributed by atoms with E-state index in [1.54, 1.807) is 4.90 Å². The van der Waals surface area contributed by atoms with Crippen molar-refractivity contribution < 1.29 is 14.3 Å². The standard InChI is InChI=1S/C19H26N2O3/c1-13-5-6-16-14(11-13)12-17(22)21(16)15-7-9-20(10-8-15)18(23)24-19(2,3)4/h5-6,11,15H,7-10,12H2,1-4H3. The van der Waals surface area contributed by atoms with Gasteiger partial charge in [0.15, 0.2) is 0 Å². The van der Waals surface area contributed by atoms with Crippen LogP contribution in [0.15, 0.2) is 18.2 Å². The van der Waals surface area contributed by atoms with Crippen LogP contribution in [0.5, 0.6) is 0 Å². The zero-order chi connectivity index (χ0) is 17.5. The summed E-state index contributed by atoms with van der Waals surface area (Å²) in [4.78, 5) is 28.3. The zero-order valence-corrected chi connectivity index (χ0v) is 15.0. The number of carbonyl (C=O) groups excluding carboxylic acids is 2. The van der Waals surface area contributed by atoms with Crippen LogP contribution in [-0.4, -0.2) is 41.6 Å². The average molecular weight is 330 g/mol. The zero-order valence-electron chi connectivity index (χ0n) is 15.0. The Morgan fingerprint density at radius 2 is 1.88 bits per heavy atom. The van der Waals surface area contributed by atoms with Gasteiger partial charge in [-0.05, 0) is 52.2 Å². The highest BCUT2D eigenvalue weighted by Gasteiger charge is 2.36. The van der Waals surface area contributed by atoms with Gasteiger partial charge in [-0.2, -0.15) is 0 Å². The SMILES string of the molecule is Cc1ccc2c(c1)CC(=O)N2C1CCN(C(=O)OC(C)(C)C)CC1. The quantitative estimate of drug-likeness (QED) is 0.794. The summed E-state index contributed by atoms with van der Waals surface area (Å²) < 4.78 is 5.43. The van der Waals surface area contributed by atoms with E-state index in [-0.39, 0.29) is 18.0 Å². The van der Waals surface area contributed by atoms with E-state index in [1.807, 2.05) is 32.6 Å². The summed E-state index contributed by atoms with van der Waals surface area (Å²) in [7, 11) is 0. The van der Waals surface area contributed by atoms with E-state index in [1.165, 1.54) is 5.56 Å². The van der Waals surface area contributed by atoms with E-state index in [0.717, 1.165) is 24.1 Å². The molecule has 130 valence electrons. The van der Waals surface area contributed by atoms with Crippen LogP contribution in [0.1, 0.15) is 44.7 Å². The number of ether oxygens (including phenoxy) is 1. The van der Waals surface area contributed by atoms with Crippen molar-refractivity contribution in [2.24, 2.45) is 0 Å². The number of hydrogen-bond acceptors (Lipinski definition) is 3. The molecule has 2 heterocycles. The topological polar surface area (TPSA) is 49.9 Å². The van der Waals surface area contributed by atoms with Crippen molar-refractivity contribution in [3.8, 4) is 0 Å². The molecule has 0 N–H and O–H groups in total. The molecule has 0 atom stereocenters. The van der Waals surface area contributed by atoms with Crippen molar-refractivity contribution in [2.45, 2.75) is 58.6 Å². The number of fused-ring (bicyclic) bond motifs is 1. The Hall–Kier alpha value is -2.04. The number of aryl methyl sites for hydroxylation is 1. The molecule has 2 amide bonds. The first-order valence-corrected chi connectivity index (χ1v) is 8.64. The fourth-order valence-electron chi connectivity index (χ4n) is 3.51. The number of hydrogen-bond donors (Lipinski definition) is 0. The molecule has 24 heavy (non-hydrogen) atoms. The number of nitrogens with zero attached hydrogens (tertiary/aromatic N) is 2. The van der Waals surface area contributed by atoms with E-state index < -0.39 is 5.60 Å². The lowest BCUT2D eigenvalue weighted by atomic mass is 10.0. The highest BCUT2D eigenvalue weighted by molar-refractivity contribution is 6.02. The molecule has 0 unspecified atom stereocenters. The smallest absolute Gasteiger partial charge is 0.410 e. The van der Waals surface area contributed by atoms with Crippen molar-refractivity contribution in [3.05, 3.63) is 29.3 Å². The Kier molecular flexibility index (Phi) is 4.28. The van der Waals surface area contributed by atoms with Crippen molar-refractivity contribution in [1.29, 1.82) is 0 Å². The lowest BCUT2D eigenvalue weighted by molar-refractivity contribution is -0.118. The molecule has 1 aromatic carbocycles. The summed E-state index contributed by atoms with van der Waals surface area (Å²) in [6.07, 6.45) is 1.81. The monoisotopic (exact) mass is 330 g/mol. The van der Waals surface area contributed by atoms with Crippen LogP contribution in [-0.2, 0) is 16.0 Å². The average Bonchev–Trinajstić information content (AvgIpc) is 2.80. The van der Waals surface area contributed by atoms with Crippen molar-refractivity contribution in [3.63, 3.8) is 0 Å². The van der Waals surface area contributed by atoms with Crippen LogP contribution < -0.4 is 4.90 Å². The Balaban J connectivity index is 1.66. The van der Waals surface area contributed by atoms with Gasteiger partial charge in [0.05, 0.1) is 6.42 Å². The molecule has 1 aromatic rings. The lowest BCUT2D eigenvalue weighted by Crippen LogP contribution is -2.49. The molecule has 5 nitrogen and oxygen atoms in total. The fraction of sp³-hybridized carbons (Fsp3) is 0.579. The number of likely N-dealkylation sites (tertiary alicyclic amines) is 1. The van der Waals surface area contributed by atoms with E-state index >= 15 is 0 Å². The van der Waals surface area contributed by atoms with Crippen LogP contribution in [0.25, 0.3) is 0 Å². The summed E-state index contributed by atoms with van der Waals surface area (Å²) >= 11 is 0. The second kappa shape index (κ2) is 6.11. The molecule has 0 spiro atoms. The van der Waals surface area contributed by atoms with Gasteiger partial charge in [0.1, 0.15) is 5.60 Å². The molecule has 0 radical (unpaired) electrons. The van der Waals surface area contributed by atoms with Gasteiger partial charge in [0.2, 0.25) is 5.91 Å². The molecule has 0 aliphatic carbocycles. The molecule has 0 saturated carbocycles. The minimum atomic E-state index is -0.477. The molecule has 2 aliphatic heterocycles. The molecule has 1 saturated heterocycles. The Bertz CT molecular complexity index is 655.